The molecule has 4 nitrogen and oxygen atoms in total. The molecule has 0 saturated carbocycles. The molecular formula is C14H21BN2O2. The van der Waals surface area contributed by atoms with Crippen molar-refractivity contribution in [2.45, 2.75) is 19.7 Å². The first-order valence-electron chi connectivity index (χ1n) is 6.86. The van der Waals surface area contributed by atoms with Gasteiger partial charge in [0.05, 0.1) is 6.73 Å². The Kier molecular flexibility index (Phi) is 4.99. The van der Waals surface area contributed by atoms with E-state index in [1.54, 1.807) is 0 Å². The molecule has 0 unspecified atom stereocenters. The summed E-state index contributed by atoms with van der Waals surface area (Å²) in [5.41, 5.74) is 7.21. The number of amides is 1. The first kappa shape index (κ1) is 14.1. The standard InChI is InChI=1S/C14H21BN2O2/c1-11-6-7-17(9-11)14(18)13-4-2-12(3-5-13)8-15-19-10-16/h2-5,11,15H,6-10,16H2,1H3/t11-/m1/s1. The van der Waals surface area contributed by atoms with Gasteiger partial charge in [0.2, 0.25) is 0 Å². The SMILES string of the molecule is C[C@@H]1CCN(C(=O)c2ccc(CBOCN)cc2)C1. The Hall–Kier alpha value is -1.33. The maximum absolute atomic E-state index is 12.2. The van der Waals surface area contributed by atoms with E-state index < -0.39 is 0 Å². The molecule has 2 rings (SSSR count). The minimum Gasteiger partial charge on any atom is -0.427 e. The largest absolute Gasteiger partial charge is 0.427 e. The van der Waals surface area contributed by atoms with Crippen LogP contribution in [0.4, 0.5) is 0 Å². The van der Waals surface area contributed by atoms with E-state index in [1.165, 1.54) is 5.56 Å². The molecule has 2 N–H and O–H groups in total. The van der Waals surface area contributed by atoms with Crippen molar-refractivity contribution in [1.82, 2.24) is 4.90 Å². The van der Waals surface area contributed by atoms with Crippen molar-refractivity contribution in [2.75, 3.05) is 19.8 Å². The predicted octanol–water partition coefficient (Wildman–Crippen LogP) is 0.953. The molecule has 1 aliphatic rings. The molecule has 1 amide bonds. The summed E-state index contributed by atoms with van der Waals surface area (Å²) in [5, 5.41) is 0. The van der Waals surface area contributed by atoms with Gasteiger partial charge in [-0.25, -0.2) is 0 Å². The van der Waals surface area contributed by atoms with Crippen molar-refractivity contribution in [2.24, 2.45) is 11.7 Å². The zero-order valence-electron chi connectivity index (χ0n) is 11.5. The minimum absolute atomic E-state index is 0.147. The van der Waals surface area contributed by atoms with Crippen LogP contribution in [0, 0.1) is 5.92 Å². The fourth-order valence-corrected chi connectivity index (χ4v) is 2.39. The van der Waals surface area contributed by atoms with Gasteiger partial charge in [-0.1, -0.05) is 24.6 Å². The fraction of sp³-hybridized carbons (Fsp3) is 0.500. The van der Waals surface area contributed by atoms with E-state index in [-0.39, 0.29) is 12.6 Å². The topological polar surface area (TPSA) is 55.6 Å². The second kappa shape index (κ2) is 6.73. The third-order valence-corrected chi connectivity index (χ3v) is 3.56. The summed E-state index contributed by atoms with van der Waals surface area (Å²) in [6.07, 6.45) is 1.94. The van der Waals surface area contributed by atoms with E-state index in [4.69, 9.17) is 10.4 Å². The summed E-state index contributed by atoms with van der Waals surface area (Å²) in [5.74, 6) is 0.769. The number of carbonyl (C=O) groups is 1. The van der Waals surface area contributed by atoms with Gasteiger partial charge in [0.25, 0.3) is 13.4 Å². The number of carbonyl (C=O) groups excluding carboxylic acids is 1. The maximum Gasteiger partial charge on any atom is 0.281 e. The molecule has 1 aliphatic heterocycles. The molecule has 1 saturated heterocycles. The molecule has 1 aromatic carbocycles. The average molecular weight is 260 g/mol. The first-order valence-corrected chi connectivity index (χ1v) is 6.86. The van der Waals surface area contributed by atoms with Crippen molar-refractivity contribution in [3.05, 3.63) is 35.4 Å². The lowest BCUT2D eigenvalue weighted by Gasteiger charge is -2.16. The quantitative estimate of drug-likeness (QED) is 0.487. The summed E-state index contributed by atoms with van der Waals surface area (Å²) in [6.45, 7) is 4.20. The van der Waals surface area contributed by atoms with Crippen LogP contribution in [0.2, 0.25) is 0 Å². The Morgan fingerprint density at radius 3 is 2.79 bits per heavy atom. The molecule has 1 fully saturated rings. The van der Waals surface area contributed by atoms with Crippen LogP contribution in [0.15, 0.2) is 24.3 Å². The lowest BCUT2D eigenvalue weighted by Crippen LogP contribution is -2.28. The van der Waals surface area contributed by atoms with Crippen molar-refractivity contribution in [1.29, 1.82) is 0 Å². The third kappa shape index (κ3) is 3.82. The zero-order valence-corrected chi connectivity index (χ0v) is 11.5. The molecular weight excluding hydrogens is 239 g/mol. The van der Waals surface area contributed by atoms with Crippen LogP contribution in [0.5, 0.6) is 0 Å². The van der Waals surface area contributed by atoms with Crippen LogP contribution in [0.25, 0.3) is 0 Å². The maximum atomic E-state index is 12.2. The van der Waals surface area contributed by atoms with Crippen molar-refractivity contribution in [3.63, 3.8) is 0 Å². The average Bonchev–Trinajstić information content (AvgIpc) is 2.86. The highest BCUT2D eigenvalue weighted by molar-refractivity contribution is 6.26. The molecule has 0 bridgehead atoms. The van der Waals surface area contributed by atoms with Gasteiger partial charge >= 0.3 is 0 Å². The lowest BCUT2D eigenvalue weighted by atomic mass is 9.89. The summed E-state index contributed by atoms with van der Waals surface area (Å²) in [7, 11) is 0.618. The molecule has 102 valence electrons. The van der Waals surface area contributed by atoms with E-state index in [0.29, 0.717) is 13.4 Å². The summed E-state index contributed by atoms with van der Waals surface area (Å²) >= 11 is 0. The number of rotatable bonds is 5. The van der Waals surface area contributed by atoms with Crippen molar-refractivity contribution < 1.29 is 9.45 Å². The summed E-state index contributed by atoms with van der Waals surface area (Å²) in [4.78, 5) is 14.2. The zero-order chi connectivity index (χ0) is 13.7. The summed E-state index contributed by atoms with van der Waals surface area (Å²) < 4.78 is 5.11. The molecule has 0 aliphatic carbocycles. The van der Waals surface area contributed by atoms with E-state index in [2.05, 4.69) is 6.92 Å². The van der Waals surface area contributed by atoms with Gasteiger partial charge in [0.1, 0.15) is 0 Å². The monoisotopic (exact) mass is 260 g/mol. The predicted molar refractivity (Wildman–Crippen MR) is 77.1 cm³/mol. The highest BCUT2D eigenvalue weighted by Crippen LogP contribution is 2.18. The van der Waals surface area contributed by atoms with Crippen LogP contribution >= 0.6 is 0 Å². The Labute approximate surface area is 115 Å². The number of nitrogens with zero attached hydrogens (tertiary/aromatic N) is 1. The smallest absolute Gasteiger partial charge is 0.281 e. The van der Waals surface area contributed by atoms with Crippen LogP contribution < -0.4 is 5.73 Å². The molecule has 1 heterocycles. The van der Waals surface area contributed by atoms with Crippen LogP contribution in [-0.2, 0) is 11.0 Å². The van der Waals surface area contributed by atoms with Crippen molar-refractivity contribution in [3.8, 4) is 0 Å². The minimum atomic E-state index is 0.147. The van der Waals surface area contributed by atoms with Gasteiger partial charge < -0.3 is 15.3 Å². The fourth-order valence-electron chi connectivity index (χ4n) is 2.39. The van der Waals surface area contributed by atoms with Crippen molar-refractivity contribution >= 4 is 13.4 Å². The second-order valence-corrected chi connectivity index (χ2v) is 5.17. The van der Waals surface area contributed by atoms with Gasteiger partial charge in [-0.2, -0.15) is 0 Å². The molecule has 5 heteroatoms. The third-order valence-electron chi connectivity index (χ3n) is 3.56. The Morgan fingerprint density at radius 1 is 1.47 bits per heavy atom. The highest BCUT2D eigenvalue weighted by Gasteiger charge is 2.23. The Balaban J connectivity index is 1.92. The van der Waals surface area contributed by atoms with Gasteiger partial charge in [0.15, 0.2) is 0 Å². The van der Waals surface area contributed by atoms with Gasteiger partial charge in [-0.15, -0.1) is 0 Å². The number of hydrogen-bond acceptors (Lipinski definition) is 3. The lowest BCUT2D eigenvalue weighted by molar-refractivity contribution is 0.0788. The number of likely N-dealkylation sites (tertiary alicyclic amines) is 1. The molecule has 0 spiro atoms. The van der Waals surface area contributed by atoms with Crippen LogP contribution in [0.1, 0.15) is 29.3 Å². The van der Waals surface area contributed by atoms with Crippen LogP contribution in [0.3, 0.4) is 0 Å². The van der Waals surface area contributed by atoms with E-state index in [0.717, 1.165) is 31.4 Å². The van der Waals surface area contributed by atoms with E-state index >= 15 is 0 Å². The first-order chi connectivity index (χ1) is 9.20. The summed E-state index contributed by atoms with van der Waals surface area (Å²) in [6, 6.07) is 7.80. The van der Waals surface area contributed by atoms with Gasteiger partial charge in [-0.3, -0.25) is 4.79 Å². The molecule has 0 aromatic heterocycles. The second-order valence-electron chi connectivity index (χ2n) is 5.17. The molecule has 1 atom stereocenters. The number of benzene rings is 1. The molecule has 1 aromatic rings. The van der Waals surface area contributed by atoms with Gasteiger partial charge in [0, 0.05) is 18.7 Å². The van der Waals surface area contributed by atoms with E-state index in [9.17, 15) is 4.79 Å². The Bertz CT molecular complexity index is 422. The number of nitrogens with two attached hydrogens (primary N) is 1. The van der Waals surface area contributed by atoms with E-state index in [1.807, 2.05) is 29.2 Å². The number of hydrogen-bond donors (Lipinski definition) is 1. The highest BCUT2D eigenvalue weighted by atomic mass is 16.4. The normalized spacial score (nSPS) is 18.6. The van der Waals surface area contributed by atoms with Crippen LogP contribution in [-0.4, -0.2) is 38.1 Å². The molecule has 0 radical (unpaired) electrons. The molecule has 19 heavy (non-hydrogen) atoms. The Morgan fingerprint density at radius 2 is 2.21 bits per heavy atom. The van der Waals surface area contributed by atoms with Gasteiger partial charge in [-0.05, 0) is 30.8 Å².